The summed E-state index contributed by atoms with van der Waals surface area (Å²) in [7, 11) is 0. The molecule has 0 spiro atoms. The third-order valence-corrected chi connectivity index (χ3v) is 11.8. The van der Waals surface area contributed by atoms with Gasteiger partial charge in [-0.15, -0.1) is 0 Å². The van der Waals surface area contributed by atoms with Crippen molar-refractivity contribution in [3.8, 4) is 22.5 Å². The monoisotopic (exact) mass is 758 g/mol. The number of hydrogen-bond acceptors (Lipinski definition) is 5. The van der Waals surface area contributed by atoms with Crippen LogP contribution in [-0.4, -0.2) is 87.1 Å². The molecule has 0 aliphatic carbocycles. The number of hydrogen-bond donors (Lipinski definition) is 2. The van der Waals surface area contributed by atoms with E-state index in [1.807, 2.05) is 67.0 Å². The topological polar surface area (TPSA) is 95.5 Å². The van der Waals surface area contributed by atoms with Crippen molar-refractivity contribution < 1.29 is 14.3 Å². The van der Waals surface area contributed by atoms with E-state index in [0.29, 0.717) is 40.4 Å². The lowest BCUT2D eigenvalue weighted by atomic mass is 9.97. The average molecular weight is 760 g/mol. The second-order valence-electron chi connectivity index (χ2n) is 14.1. The smallest absolute Gasteiger partial charge is 0.268 e. The van der Waals surface area contributed by atoms with Gasteiger partial charge in [0, 0.05) is 69.2 Å². The highest BCUT2D eigenvalue weighted by Gasteiger charge is 2.39. The lowest BCUT2D eigenvalue weighted by molar-refractivity contribution is -0.137. The van der Waals surface area contributed by atoms with Crippen LogP contribution >= 0.6 is 34.8 Å². The molecule has 3 aromatic carbocycles. The van der Waals surface area contributed by atoms with Gasteiger partial charge in [0.15, 0.2) is 0 Å². The molecule has 0 bridgehead atoms. The van der Waals surface area contributed by atoms with Crippen LogP contribution in [0.25, 0.3) is 33.4 Å². The Morgan fingerprint density at radius 3 is 2.50 bits per heavy atom. The quantitative estimate of drug-likeness (QED) is 0.166. The number of rotatable bonds is 8. The number of benzene rings is 3. The summed E-state index contributed by atoms with van der Waals surface area (Å²) in [5.41, 5.74) is 5.18. The molecule has 3 saturated heterocycles. The summed E-state index contributed by atoms with van der Waals surface area (Å²) in [4.78, 5) is 40.2. The fraction of sp³-hybridized carbons (Fsp3) is 0.375. The van der Waals surface area contributed by atoms with Crippen molar-refractivity contribution in [3.63, 3.8) is 0 Å². The number of likely N-dealkylation sites (tertiary alicyclic amines) is 2. The zero-order valence-corrected chi connectivity index (χ0v) is 31.2. The molecule has 270 valence electrons. The highest BCUT2D eigenvalue weighted by atomic mass is 35.5. The summed E-state index contributed by atoms with van der Waals surface area (Å²) in [5, 5.41) is 5.86. The number of ether oxygens (including phenoxy) is 1. The normalized spacial score (nSPS) is 20.8. The first-order valence-corrected chi connectivity index (χ1v) is 19.2. The third-order valence-electron chi connectivity index (χ3n) is 11.0. The van der Waals surface area contributed by atoms with E-state index in [1.165, 1.54) is 0 Å². The highest BCUT2D eigenvalue weighted by molar-refractivity contribution is 6.35. The Hall–Kier alpha value is -3.86. The number of aromatic nitrogens is 3. The Morgan fingerprint density at radius 1 is 0.962 bits per heavy atom. The van der Waals surface area contributed by atoms with Gasteiger partial charge in [-0.25, -0.2) is 4.98 Å². The van der Waals surface area contributed by atoms with Crippen LogP contribution in [0.15, 0.2) is 73.1 Å². The minimum atomic E-state index is -0.256. The minimum Gasteiger partial charge on any atom is -0.378 e. The van der Waals surface area contributed by atoms with Crippen molar-refractivity contribution in [2.75, 3.05) is 32.8 Å². The molecule has 8 rings (SSSR count). The van der Waals surface area contributed by atoms with Crippen molar-refractivity contribution >= 4 is 57.5 Å². The van der Waals surface area contributed by atoms with Crippen LogP contribution in [0.1, 0.15) is 61.1 Å². The summed E-state index contributed by atoms with van der Waals surface area (Å²) in [5.74, 6) is 0.0532. The SMILES string of the molecule is CC(c1ccc(Cl)cc1Cl)n1cnc(-c2ccccc2)c1-c1c(C(=O)NC2COC[C@H]2N2CCC(N3CCCCC3=O)CC2)[nH]c2cc(Cl)ccc12. The first-order valence-electron chi connectivity index (χ1n) is 18.1. The largest absolute Gasteiger partial charge is 0.378 e. The van der Waals surface area contributed by atoms with Gasteiger partial charge in [0.05, 0.1) is 49.1 Å². The maximum atomic E-state index is 14.6. The molecular weight excluding hydrogens is 719 g/mol. The van der Waals surface area contributed by atoms with E-state index in [2.05, 4.69) is 31.6 Å². The number of nitrogens with one attached hydrogen (secondary N) is 2. The Morgan fingerprint density at radius 2 is 1.73 bits per heavy atom. The summed E-state index contributed by atoms with van der Waals surface area (Å²) >= 11 is 19.5. The number of halogens is 3. The number of aromatic amines is 1. The molecule has 2 unspecified atom stereocenters. The lowest BCUT2D eigenvalue weighted by Gasteiger charge is -2.42. The average Bonchev–Trinajstić information content (AvgIpc) is 3.89. The Bertz CT molecular complexity index is 2110. The zero-order chi connectivity index (χ0) is 35.9. The van der Waals surface area contributed by atoms with Gasteiger partial charge in [-0.05, 0) is 62.4 Å². The molecule has 3 atom stereocenters. The van der Waals surface area contributed by atoms with Crippen molar-refractivity contribution in [3.05, 3.63) is 99.4 Å². The van der Waals surface area contributed by atoms with Crippen LogP contribution < -0.4 is 5.32 Å². The molecule has 2 amide bonds. The Kier molecular flexibility index (Phi) is 10.1. The van der Waals surface area contributed by atoms with Gasteiger partial charge >= 0.3 is 0 Å². The van der Waals surface area contributed by atoms with Crippen LogP contribution in [0.3, 0.4) is 0 Å². The van der Waals surface area contributed by atoms with E-state index >= 15 is 0 Å². The summed E-state index contributed by atoms with van der Waals surface area (Å²) in [6.45, 7) is 5.60. The van der Waals surface area contributed by atoms with E-state index in [0.717, 1.165) is 84.3 Å². The van der Waals surface area contributed by atoms with Crippen molar-refractivity contribution in [2.24, 2.45) is 0 Å². The minimum absolute atomic E-state index is 0.0294. The third kappa shape index (κ3) is 6.74. The van der Waals surface area contributed by atoms with Gasteiger partial charge in [0.1, 0.15) is 5.69 Å². The molecule has 3 fully saturated rings. The summed E-state index contributed by atoms with van der Waals surface area (Å²) < 4.78 is 8.08. The van der Waals surface area contributed by atoms with Gasteiger partial charge in [-0.3, -0.25) is 14.5 Å². The van der Waals surface area contributed by atoms with Crippen LogP contribution in [-0.2, 0) is 9.53 Å². The predicted molar refractivity (Wildman–Crippen MR) is 206 cm³/mol. The van der Waals surface area contributed by atoms with Crippen LogP contribution in [0.2, 0.25) is 15.1 Å². The van der Waals surface area contributed by atoms with Gasteiger partial charge < -0.3 is 24.5 Å². The second-order valence-corrected chi connectivity index (χ2v) is 15.4. The molecule has 5 aromatic rings. The number of fused-ring (bicyclic) bond motifs is 1. The molecule has 0 saturated carbocycles. The number of carbonyl (C=O) groups excluding carboxylic acids is 2. The molecule has 2 N–H and O–H groups in total. The van der Waals surface area contributed by atoms with Crippen molar-refractivity contribution in [1.29, 1.82) is 0 Å². The number of piperidine rings is 2. The van der Waals surface area contributed by atoms with E-state index in [9.17, 15) is 9.59 Å². The van der Waals surface area contributed by atoms with Gasteiger partial charge in [-0.1, -0.05) is 77.3 Å². The first kappa shape index (κ1) is 35.2. The van der Waals surface area contributed by atoms with Crippen LogP contribution in [0.4, 0.5) is 0 Å². The molecular formula is C40H41Cl3N6O3. The fourth-order valence-corrected chi connectivity index (χ4v) is 9.05. The molecule has 12 heteroatoms. The van der Waals surface area contributed by atoms with E-state index in [-0.39, 0.29) is 36.0 Å². The maximum Gasteiger partial charge on any atom is 0.268 e. The van der Waals surface area contributed by atoms with Gasteiger partial charge in [0.2, 0.25) is 5.91 Å². The summed E-state index contributed by atoms with van der Waals surface area (Å²) in [6.07, 6.45) is 6.40. The van der Waals surface area contributed by atoms with Crippen molar-refractivity contribution in [1.82, 2.24) is 29.7 Å². The van der Waals surface area contributed by atoms with E-state index < -0.39 is 0 Å². The second kappa shape index (κ2) is 14.9. The molecule has 5 heterocycles. The summed E-state index contributed by atoms with van der Waals surface area (Å²) in [6, 6.07) is 21.0. The number of nitrogens with zero attached hydrogens (tertiary/aromatic N) is 4. The van der Waals surface area contributed by atoms with Crippen molar-refractivity contribution in [2.45, 2.75) is 63.2 Å². The van der Waals surface area contributed by atoms with Crippen LogP contribution in [0, 0.1) is 0 Å². The van der Waals surface area contributed by atoms with Gasteiger partial charge in [0.25, 0.3) is 5.91 Å². The molecule has 9 nitrogen and oxygen atoms in total. The standard InChI is InChI=1S/C40H41Cl3N6O3/c1-24(29-12-10-26(41)19-31(29)43)49-23-44-37(25-7-3-2-4-8-25)39(49)36-30-13-11-27(42)20-32(30)45-38(36)40(51)46-33-21-52-22-34(33)47-17-14-28(15-18-47)48-16-6-5-9-35(48)50/h2-4,7-8,10-13,19-20,23-24,28,33-34,45H,5-6,9,14-18,21-22H2,1H3,(H,46,51)/t24?,33?,34-/m1/s1. The molecule has 3 aliphatic rings. The molecule has 52 heavy (non-hydrogen) atoms. The first-order chi connectivity index (χ1) is 25.3. The number of H-pyrrole nitrogens is 1. The molecule has 3 aliphatic heterocycles. The zero-order valence-electron chi connectivity index (χ0n) is 29.0. The van der Waals surface area contributed by atoms with E-state index in [4.69, 9.17) is 44.5 Å². The predicted octanol–water partition coefficient (Wildman–Crippen LogP) is 8.24. The Labute approximate surface area is 318 Å². The van der Waals surface area contributed by atoms with Crippen LogP contribution in [0.5, 0.6) is 0 Å². The van der Waals surface area contributed by atoms with Gasteiger partial charge in [-0.2, -0.15) is 0 Å². The highest BCUT2D eigenvalue weighted by Crippen LogP contribution is 2.42. The number of imidazole rings is 1. The van der Waals surface area contributed by atoms with E-state index in [1.54, 1.807) is 6.07 Å². The fourth-order valence-electron chi connectivity index (χ4n) is 8.31. The molecule has 0 radical (unpaired) electrons. The molecule has 2 aromatic heterocycles. The Balaban J connectivity index is 1.14. The number of amides is 2. The lowest BCUT2D eigenvalue weighted by Crippen LogP contribution is -2.56. The maximum absolute atomic E-state index is 14.6. The number of carbonyl (C=O) groups is 2.